The maximum absolute atomic E-state index is 14.4. The molecule has 1 aliphatic carbocycles. The Labute approximate surface area is 372 Å². The van der Waals surface area contributed by atoms with Crippen molar-refractivity contribution in [2.75, 3.05) is 13.6 Å². The van der Waals surface area contributed by atoms with E-state index in [-0.39, 0.29) is 55.7 Å². The summed E-state index contributed by atoms with van der Waals surface area (Å²) >= 11 is 0. The van der Waals surface area contributed by atoms with Crippen LogP contribution in [-0.2, 0) is 39.9 Å². The quantitative estimate of drug-likeness (QED) is 0.112. The number of hydrazine groups is 1. The molecule has 8 atom stereocenters. The highest BCUT2D eigenvalue weighted by molar-refractivity contribution is 5.93. The second-order valence-corrected chi connectivity index (χ2v) is 17.7. The molecule has 346 valence electrons. The molecule has 0 radical (unpaired) electrons. The number of phenols is 1. The van der Waals surface area contributed by atoms with E-state index >= 15 is 0 Å². The molecule has 3 aliphatic rings. The first-order chi connectivity index (χ1) is 30.0. The third-order valence-corrected chi connectivity index (χ3v) is 12.3. The number of allylic oxidation sites excluding steroid dienone is 4. The van der Waals surface area contributed by atoms with Gasteiger partial charge in [0.2, 0.25) is 17.7 Å². The summed E-state index contributed by atoms with van der Waals surface area (Å²) in [4.78, 5) is 83.2. The van der Waals surface area contributed by atoms with Crippen LogP contribution in [0.3, 0.4) is 0 Å². The minimum atomic E-state index is -1.42. The zero-order valence-electron chi connectivity index (χ0n) is 37.7. The molecule has 1 aromatic carbocycles. The van der Waals surface area contributed by atoms with E-state index in [0.717, 1.165) is 25.7 Å². The number of fused-ring (bicyclic) bond motifs is 2. The molecule has 1 aromatic rings. The van der Waals surface area contributed by atoms with Crippen molar-refractivity contribution in [3.05, 3.63) is 77.9 Å². The third kappa shape index (κ3) is 15.3. The van der Waals surface area contributed by atoms with E-state index in [1.807, 2.05) is 7.05 Å². The lowest BCUT2D eigenvalue weighted by Crippen LogP contribution is -2.62. The van der Waals surface area contributed by atoms with Gasteiger partial charge in [0.25, 0.3) is 5.91 Å². The Kier molecular flexibility index (Phi) is 19.8. The number of esters is 1. The Morgan fingerprint density at radius 1 is 0.984 bits per heavy atom. The van der Waals surface area contributed by atoms with Gasteiger partial charge in [0.15, 0.2) is 0 Å². The largest absolute Gasteiger partial charge is 0.508 e. The number of aliphatic hydroxyl groups excluding tert-OH is 2. The van der Waals surface area contributed by atoms with Crippen molar-refractivity contribution in [3.8, 4) is 5.75 Å². The van der Waals surface area contributed by atoms with Crippen molar-refractivity contribution in [2.45, 2.75) is 148 Å². The summed E-state index contributed by atoms with van der Waals surface area (Å²) in [6, 6.07) is 3.15. The van der Waals surface area contributed by atoms with E-state index in [1.54, 1.807) is 75.1 Å². The number of ketones is 1. The van der Waals surface area contributed by atoms with Crippen LogP contribution in [-0.4, -0.2) is 117 Å². The summed E-state index contributed by atoms with van der Waals surface area (Å²) in [6.45, 7) is 8.38. The standard InChI is InChI=1S/C48H69N5O10/c1-30(2)43-46(60)49-39(29-34-17-14-20-36(55)28-34)47(61)53-27-15-21-38(51-53)48(62)63-41(31(3)16-13-24-42(57)52(6)35-18-9-7-10-19-35)23-12-8-11-22-40(56)33(5)44(58)37(45(59)50-43)26-25-32(4)54/h8,11-14,16-17,20,22,24,28,30,33,35,37-41,43-44,51,55-56,58H,7,9-10,15,18-19,21,23,25-27,29H2,1-6H3,(H,49,60)(H,50,59)/t33-,37+,38?,39-,40-,41-,43-,44+/m0/s1. The van der Waals surface area contributed by atoms with E-state index in [2.05, 4.69) is 16.1 Å². The Balaban J connectivity index is 1.69. The summed E-state index contributed by atoms with van der Waals surface area (Å²) in [6.07, 6.45) is 14.2. The molecule has 2 bridgehead atoms. The number of Topliss-reactive ketones (excluding diaryl/α,β-unsaturated/α-hetero) is 1. The molecular formula is C48H69N5O10. The summed E-state index contributed by atoms with van der Waals surface area (Å²) < 4.78 is 6.10. The van der Waals surface area contributed by atoms with Crippen LogP contribution in [0, 0.1) is 17.8 Å². The van der Waals surface area contributed by atoms with Crippen molar-refractivity contribution >= 4 is 35.4 Å². The van der Waals surface area contributed by atoms with Crippen molar-refractivity contribution in [2.24, 2.45) is 17.8 Å². The van der Waals surface area contributed by atoms with Gasteiger partial charge in [-0.25, -0.2) is 5.43 Å². The number of carbonyl (C=O) groups is 6. The van der Waals surface area contributed by atoms with E-state index in [0.29, 0.717) is 24.0 Å². The lowest BCUT2D eigenvalue weighted by atomic mass is 9.84. The molecule has 4 amide bonds. The first kappa shape index (κ1) is 50.5. The second-order valence-electron chi connectivity index (χ2n) is 17.7. The first-order valence-corrected chi connectivity index (χ1v) is 22.4. The van der Waals surface area contributed by atoms with E-state index in [1.165, 1.54) is 42.6 Å². The normalized spacial score (nSPS) is 27.9. The van der Waals surface area contributed by atoms with Crippen LogP contribution in [0.25, 0.3) is 0 Å². The highest BCUT2D eigenvalue weighted by Gasteiger charge is 2.38. The molecule has 4 rings (SSSR count). The minimum Gasteiger partial charge on any atom is -0.508 e. The predicted octanol–water partition coefficient (Wildman–Crippen LogP) is 4.12. The number of hydrogen-bond acceptors (Lipinski definition) is 11. The van der Waals surface area contributed by atoms with Crippen molar-refractivity contribution in [1.82, 2.24) is 26.0 Å². The molecule has 0 aromatic heterocycles. The fraction of sp³-hybridized carbons (Fsp3) is 0.583. The number of carbonyl (C=O) groups excluding carboxylic acids is 6. The molecule has 2 fully saturated rings. The molecule has 1 saturated carbocycles. The number of cyclic esters (lactones) is 1. The number of nitrogens with zero attached hydrogens (tertiary/aromatic N) is 2. The van der Waals surface area contributed by atoms with E-state index < -0.39 is 77.9 Å². The predicted molar refractivity (Wildman–Crippen MR) is 238 cm³/mol. The molecule has 15 nitrogen and oxygen atoms in total. The van der Waals surface area contributed by atoms with Gasteiger partial charge in [0, 0.05) is 50.9 Å². The van der Waals surface area contributed by atoms with Gasteiger partial charge < -0.3 is 40.4 Å². The van der Waals surface area contributed by atoms with Gasteiger partial charge in [-0.2, -0.15) is 0 Å². The van der Waals surface area contributed by atoms with Crippen LogP contribution >= 0.6 is 0 Å². The average molecular weight is 876 g/mol. The van der Waals surface area contributed by atoms with Gasteiger partial charge in [0.05, 0.1) is 18.1 Å². The van der Waals surface area contributed by atoms with Gasteiger partial charge >= 0.3 is 5.97 Å². The van der Waals surface area contributed by atoms with Gasteiger partial charge in [-0.05, 0) is 75.1 Å². The lowest BCUT2D eigenvalue weighted by molar-refractivity contribution is -0.156. The van der Waals surface area contributed by atoms with Crippen LogP contribution < -0.4 is 16.1 Å². The molecule has 0 spiro atoms. The van der Waals surface area contributed by atoms with Crippen molar-refractivity contribution in [3.63, 3.8) is 0 Å². The number of hydrogen-bond donors (Lipinski definition) is 6. The average Bonchev–Trinajstić information content (AvgIpc) is 3.26. The van der Waals surface area contributed by atoms with Crippen molar-refractivity contribution in [1.29, 1.82) is 0 Å². The number of phenolic OH excluding ortho intramolecular Hbond substituents is 1. The summed E-state index contributed by atoms with van der Waals surface area (Å²) in [5, 5.41) is 39.7. The van der Waals surface area contributed by atoms with Gasteiger partial charge in [-0.15, -0.1) is 0 Å². The Morgan fingerprint density at radius 2 is 1.71 bits per heavy atom. The summed E-state index contributed by atoms with van der Waals surface area (Å²) in [7, 11) is 1.81. The molecule has 6 N–H and O–H groups in total. The molecule has 63 heavy (non-hydrogen) atoms. The van der Waals surface area contributed by atoms with Crippen LogP contribution in [0.1, 0.15) is 104 Å². The molecule has 2 aliphatic heterocycles. The second kappa shape index (κ2) is 24.7. The van der Waals surface area contributed by atoms with Crippen LogP contribution in [0.5, 0.6) is 5.75 Å². The van der Waals surface area contributed by atoms with Crippen LogP contribution in [0.4, 0.5) is 0 Å². The van der Waals surface area contributed by atoms with E-state index in [4.69, 9.17) is 4.74 Å². The van der Waals surface area contributed by atoms with Crippen molar-refractivity contribution < 1.29 is 48.8 Å². The first-order valence-electron chi connectivity index (χ1n) is 22.4. The van der Waals surface area contributed by atoms with Gasteiger partial charge in [-0.1, -0.05) is 88.6 Å². The Morgan fingerprint density at radius 3 is 2.40 bits per heavy atom. The number of benzene rings is 1. The monoisotopic (exact) mass is 876 g/mol. The molecular weight excluding hydrogens is 807 g/mol. The fourth-order valence-electron chi connectivity index (χ4n) is 8.20. The molecule has 1 saturated heterocycles. The zero-order valence-corrected chi connectivity index (χ0v) is 37.7. The van der Waals surface area contributed by atoms with Crippen LogP contribution in [0.15, 0.2) is 72.4 Å². The maximum atomic E-state index is 14.4. The Hall–Kier alpha value is -5.12. The topological polar surface area (TPSA) is 215 Å². The number of amides is 4. The Bertz CT molecular complexity index is 1870. The van der Waals surface area contributed by atoms with Gasteiger partial charge in [0.1, 0.15) is 35.8 Å². The zero-order chi connectivity index (χ0) is 46.2. The number of aliphatic hydroxyl groups is 2. The SMILES string of the molecule is CC(=O)CC[C@H]1C(=O)N[C@@H](C(C)C)C(=O)N[C@@H](Cc2cccc(O)c2)C(=O)N2CCCC(N2)C(=O)O[C@H](C(C)=CC=CC(=O)N(C)C2CCCCC2)CC=CC=C[C@H](O)[C@H](C)[C@H]1O. The molecule has 15 heteroatoms. The molecule has 2 heterocycles. The summed E-state index contributed by atoms with van der Waals surface area (Å²) in [5.74, 6) is -5.44. The lowest BCUT2D eigenvalue weighted by Gasteiger charge is -2.36. The highest BCUT2D eigenvalue weighted by Crippen LogP contribution is 2.25. The third-order valence-electron chi connectivity index (χ3n) is 12.3. The number of nitrogens with one attached hydrogen (secondary N) is 3. The number of ether oxygens (including phenoxy) is 1. The number of rotatable bonds is 10. The minimum absolute atomic E-state index is 0.0252. The summed E-state index contributed by atoms with van der Waals surface area (Å²) in [5.41, 5.74) is 4.21. The number of likely N-dealkylation sites (N-methyl/N-ethyl adjacent to an activating group) is 1. The fourth-order valence-corrected chi connectivity index (χ4v) is 8.20. The molecule has 1 unspecified atom stereocenters. The van der Waals surface area contributed by atoms with Gasteiger partial charge in [-0.3, -0.25) is 29.0 Å². The number of aromatic hydroxyl groups is 1. The smallest absolute Gasteiger partial charge is 0.325 e. The maximum Gasteiger partial charge on any atom is 0.325 e. The highest BCUT2D eigenvalue weighted by atomic mass is 16.5. The van der Waals surface area contributed by atoms with E-state index in [9.17, 15) is 44.1 Å². The van der Waals surface area contributed by atoms with Crippen LogP contribution in [0.2, 0.25) is 0 Å².